The minimum Gasteiger partial charge on any atom is -0.373 e. The zero-order valence-corrected chi connectivity index (χ0v) is 12.9. The van der Waals surface area contributed by atoms with Gasteiger partial charge in [-0.25, -0.2) is 9.97 Å². The highest BCUT2D eigenvalue weighted by Gasteiger charge is 2.42. The van der Waals surface area contributed by atoms with Crippen LogP contribution in [0.3, 0.4) is 0 Å². The van der Waals surface area contributed by atoms with Crippen molar-refractivity contribution >= 4 is 23.5 Å². The number of hydrogen-bond acceptors (Lipinski definition) is 6. The Morgan fingerprint density at radius 2 is 2.10 bits per heavy atom. The van der Waals surface area contributed by atoms with Crippen molar-refractivity contribution in [1.82, 2.24) is 15.3 Å². The second-order valence-corrected chi connectivity index (χ2v) is 5.55. The van der Waals surface area contributed by atoms with Crippen LogP contribution >= 0.6 is 0 Å². The van der Waals surface area contributed by atoms with Gasteiger partial charge in [0.1, 0.15) is 23.5 Å². The van der Waals surface area contributed by atoms with Gasteiger partial charge in [-0.15, -0.1) is 0 Å². The smallest absolute Gasteiger partial charge is 0.251 e. The Bertz CT molecular complexity index is 570. The Hall–Kier alpha value is -2.18. The van der Waals surface area contributed by atoms with Crippen molar-refractivity contribution in [1.29, 1.82) is 0 Å². The van der Waals surface area contributed by atoms with Gasteiger partial charge in [-0.3, -0.25) is 14.9 Å². The summed E-state index contributed by atoms with van der Waals surface area (Å²) in [6, 6.07) is 0. The van der Waals surface area contributed by atoms with Crippen molar-refractivity contribution in [2.45, 2.75) is 39.2 Å². The number of anilines is 2. The largest absolute Gasteiger partial charge is 0.373 e. The fraction of sp³-hybridized carbons (Fsp3) is 0.571. The molecule has 2 rings (SSSR count). The number of hydrogen-bond donors (Lipinski definition) is 2. The van der Waals surface area contributed by atoms with Gasteiger partial charge in [0.2, 0.25) is 5.91 Å². The molecule has 21 heavy (non-hydrogen) atoms. The molecule has 1 aromatic rings. The van der Waals surface area contributed by atoms with Gasteiger partial charge in [0.15, 0.2) is 0 Å². The lowest BCUT2D eigenvalue weighted by molar-refractivity contribution is -0.135. The molecule has 0 radical (unpaired) electrons. The molecule has 1 fully saturated rings. The summed E-state index contributed by atoms with van der Waals surface area (Å²) in [7, 11) is 1.80. The summed E-state index contributed by atoms with van der Waals surface area (Å²) < 4.78 is 0. The summed E-state index contributed by atoms with van der Waals surface area (Å²) >= 11 is 0. The van der Waals surface area contributed by atoms with Gasteiger partial charge in [-0.2, -0.15) is 0 Å². The molecular formula is C14H21N5O2. The molecule has 0 unspecified atom stereocenters. The van der Waals surface area contributed by atoms with Gasteiger partial charge in [-0.1, -0.05) is 13.3 Å². The Labute approximate surface area is 124 Å². The quantitative estimate of drug-likeness (QED) is 0.795. The van der Waals surface area contributed by atoms with Gasteiger partial charge >= 0.3 is 0 Å². The number of carbonyl (C=O) groups excluding carboxylic acids is 2. The number of piperazine rings is 1. The lowest BCUT2D eigenvalue weighted by Crippen LogP contribution is -2.64. The maximum Gasteiger partial charge on any atom is 0.251 e. The summed E-state index contributed by atoms with van der Waals surface area (Å²) in [6.07, 6.45) is 3.14. The van der Waals surface area contributed by atoms with Crippen LogP contribution in [-0.2, 0) is 16.0 Å². The third kappa shape index (κ3) is 2.68. The van der Waals surface area contributed by atoms with Crippen molar-refractivity contribution < 1.29 is 9.59 Å². The summed E-state index contributed by atoms with van der Waals surface area (Å²) in [5.74, 6) is 0.748. The fourth-order valence-corrected chi connectivity index (χ4v) is 2.45. The predicted molar refractivity (Wildman–Crippen MR) is 80.1 cm³/mol. The van der Waals surface area contributed by atoms with Crippen LogP contribution in [0.15, 0.2) is 6.33 Å². The molecule has 2 amide bonds. The van der Waals surface area contributed by atoms with Crippen LogP contribution in [0, 0.1) is 0 Å². The van der Waals surface area contributed by atoms with Crippen molar-refractivity contribution in [3.8, 4) is 0 Å². The number of imide groups is 1. The molecule has 114 valence electrons. The standard InChI is InChI=1S/C14H21N5O2/c1-5-6-9-11(15-4)16-8-17-12(9)19-7-10(20)18-13(21)14(19,2)3/h8H,5-7H2,1-4H3,(H,15,16,17)(H,18,20,21). The monoisotopic (exact) mass is 291 g/mol. The van der Waals surface area contributed by atoms with Crippen LogP contribution in [0.4, 0.5) is 11.6 Å². The fourth-order valence-electron chi connectivity index (χ4n) is 2.45. The van der Waals surface area contributed by atoms with Gasteiger partial charge in [-0.05, 0) is 20.3 Å². The molecule has 7 heteroatoms. The predicted octanol–water partition coefficient (Wildman–Crippen LogP) is 0.712. The minimum absolute atomic E-state index is 0.107. The Kier molecular flexibility index (Phi) is 4.11. The van der Waals surface area contributed by atoms with E-state index in [1.165, 1.54) is 6.33 Å². The summed E-state index contributed by atoms with van der Waals surface area (Å²) in [5.41, 5.74) is 0.0912. The Morgan fingerprint density at radius 1 is 1.38 bits per heavy atom. The number of aromatic nitrogens is 2. The Morgan fingerprint density at radius 3 is 2.71 bits per heavy atom. The lowest BCUT2D eigenvalue weighted by Gasteiger charge is -2.41. The van der Waals surface area contributed by atoms with Crippen LogP contribution in [0.25, 0.3) is 0 Å². The summed E-state index contributed by atoms with van der Waals surface area (Å²) in [6.45, 7) is 5.74. The zero-order valence-electron chi connectivity index (χ0n) is 12.9. The topological polar surface area (TPSA) is 87.2 Å². The van der Waals surface area contributed by atoms with E-state index >= 15 is 0 Å². The number of carbonyl (C=O) groups is 2. The first kappa shape index (κ1) is 15.2. The van der Waals surface area contributed by atoms with Crippen molar-refractivity contribution in [3.63, 3.8) is 0 Å². The minimum atomic E-state index is -0.838. The van der Waals surface area contributed by atoms with Gasteiger partial charge < -0.3 is 10.2 Å². The third-order valence-electron chi connectivity index (χ3n) is 3.70. The molecule has 2 heterocycles. The molecular weight excluding hydrogens is 270 g/mol. The highest BCUT2D eigenvalue weighted by Crippen LogP contribution is 2.31. The van der Waals surface area contributed by atoms with E-state index in [0.29, 0.717) is 5.82 Å². The molecule has 0 aromatic carbocycles. The molecule has 7 nitrogen and oxygen atoms in total. The lowest BCUT2D eigenvalue weighted by atomic mass is 9.97. The number of nitrogens with zero attached hydrogens (tertiary/aromatic N) is 3. The molecule has 0 aliphatic carbocycles. The van der Waals surface area contributed by atoms with Crippen molar-refractivity contribution in [2.75, 3.05) is 23.8 Å². The molecule has 0 bridgehead atoms. The SMILES string of the molecule is CCCc1c(NC)ncnc1N1CC(=O)NC(=O)C1(C)C. The number of nitrogens with one attached hydrogen (secondary N) is 2. The van der Waals surface area contributed by atoms with Gasteiger partial charge in [0, 0.05) is 12.6 Å². The highest BCUT2D eigenvalue weighted by atomic mass is 16.2. The maximum atomic E-state index is 12.1. The maximum absolute atomic E-state index is 12.1. The van der Waals surface area contributed by atoms with E-state index in [9.17, 15) is 9.59 Å². The average molecular weight is 291 g/mol. The second-order valence-electron chi connectivity index (χ2n) is 5.55. The molecule has 2 N–H and O–H groups in total. The first-order chi connectivity index (χ1) is 9.91. The highest BCUT2D eigenvalue weighted by molar-refractivity contribution is 6.06. The van der Waals surface area contributed by atoms with E-state index in [1.54, 1.807) is 25.8 Å². The normalized spacial score (nSPS) is 17.6. The van der Waals surface area contributed by atoms with Gasteiger partial charge in [0.05, 0.1) is 6.54 Å². The second kappa shape index (κ2) is 5.67. The Balaban J connectivity index is 2.53. The first-order valence-corrected chi connectivity index (χ1v) is 7.05. The zero-order chi connectivity index (χ0) is 15.6. The van der Waals surface area contributed by atoms with E-state index in [1.807, 2.05) is 0 Å². The molecule has 1 aliphatic rings. The van der Waals surface area contributed by atoms with E-state index < -0.39 is 5.54 Å². The molecule has 1 aliphatic heterocycles. The molecule has 0 atom stereocenters. The summed E-state index contributed by atoms with van der Waals surface area (Å²) in [5, 5.41) is 5.42. The van der Waals surface area contributed by atoms with Crippen LogP contribution in [0.5, 0.6) is 0 Å². The molecule has 0 saturated carbocycles. The first-order valence-electron chi connectivity index (χ1n) is 7.05. The van der Waals surface area contributed by atoms with E-state index in [0.717, 1.165) is 24.2 Å². The van der Waals surface area contributed by atoms with Crippen LogP contribution in [0.1, 0.15) is 32.8 Å². The third-order valence-corrected chi connectivity index (χ3v) is 3.70. The number of rotatable bonds is 4. The molecule has 1 saturated heterocycles. The van der Waals surface area contributed by atoms with Crippen molar-refractivity contribution in [2.24, 2.45) is 0 Å². The van der Waals surface area contributed by atoms with Crippen LogP contribution in [-0.4, -0.2) is 40.9 Å². The van der Waals surface area contributed by atoms with E-state index in [-0.39, 0.29) is 18.4 Å². The molecule has 1 aromatic heterocycles. The van der Waals surface area contributed by atoms with Crippen molar-refractivity contribution in [3.05, 3.63) is 11.9 Å². The molecule has 0 spiro atoms. The van der Waals surface area contributed by atoms with Crippen LogP contribution in [0.2, 0.25) is 0 Å². The van der Waals surface area contributed by atoms with E-state index in [2.05, 4.69) is 27.5 Å². The van der Waals surface area contributed by atoms with E-state index in [4.69, 9.17) is 0 Å². The summed E-state index contributed by atoms with van der Waals surface area (Å²) in [4.78, 5) is 34.1. The van der Waals surface area contributed by atoms with Gasteiger partial charge in [0.25, 0.3) is 5.91 Å². The van der Waals surface area contributed by atoms with Crippen LogP contribution < -0.4 is 15.5 Å². The number of amides is 2. The average Bonchev–Trinajstić information content (AvgIpc) is 2.44.